The van der Waals surface area contributed by atoms with Crippen molar-refractivity contribution in [3.63, 3.8) is 0 Å². The monoisotopic (exact) mass is 378 g/mol. The number of halogens is 3. The summed E-state index contributed by atoms with van der Waals surface area (Å²) in [4.78, 5) is 17.8. The zero-order chi connectivity index (χ0) is 14.9. The van der Waals surface area contributed by atoms with E-state index in [4.69, 9.17) is 33.7 Å². The SMILES string of the molecule is Nc1cc(Br)nc(Oc2c(Cl)cc([N+](=O)[O-])cc2Cl)n1. The Balaban J connectivity index is 2.41. The van der Waals surface area contributed by atoms with Gasteiger partial charge in [-0.15, -0.1) is 0 Å². The molecule has 0 unspecified atom stereocenters. The van der Waals surface area contributed by atoms with Gasteiger partial charge >= 0.3 is 6.01 Å². The lowest BCUT2D eigenvalue weighted by atomic mass is 10.3. The number of anilines is 1. The Labute approximate surface area is 131 Å². The highest BCUT2D eigenvalue weighted by molar-refractivity contribution is 9.10. The van der Waals surface area contributed by atoms with Crippen molar-refractivity contribution in [1.29, 1.82) is 0 Å². The first-order chi connectivity index (χ1) is 9.36. The first-order valence-electron chi connectivity index (χ1n) is 4.98. The molecule has 1 heterocycles. The second-order valence-electron chi connectivity index (χ2n) is 3.50. The summed E-state index contributed by atoms with van der Waals surface area (Å²) in [5.74, 6) is 0.187. The average molecular weight is 380 g/mol. The third kappa shape index (κ3) is 3.27. The van der Waals surface area contributed by atoms with Crippen LogP contribution in [0.2, 0.25) is 10.0 Å². The summed E-state index contributed by atoms with van der Waals surface area (Å²) < 4.78 is 5.73. The molecule has 0 aliphatic carbocycles. The fraction of sp³-hybridized carbons (Fsp3) is 0. The molecule has 2 aromatic rings. The largest absolute Gasteiger partial charge is 0.421 e. The summed E-state index contributed by atoms with van der Waals surface area (Å²) >= 11 is 14.9. The second-order valence-corrected chi connectivity index (χ2v) is 5.12. The number of nitrogens with two attached hydrogens (primary N) is 1. The molecule has 0 spiro atoms. The first-order valence-corrected chi connectivity index (χ1v) is 6.53. The molecule has 0 saturated heterocycles. The fourth-order valence-corrected chi connectivity index (χ4v) is 2.24. The Morgan fingerprint density at radius 3 is 2.35 bits per heavy atom. The number of hydrogen-bond donors (Lipinski definition) is 1. The van der Waals surface area contributed by atoms with Gasteiger partial charge in [-0.2, -0.15) is 9.97 Å². The molecular formula is C10H5BrCl2N4O3. The van der Waals surface area contributed by atoms with E-state index in [1.807, 2.05) is 0 Å². The van der Waals surface area contributed by atoms with Gasteiger partial charge < -0.3 is 10.5 Å². The number of nitrogens with zero attached hydrogens (tertiary/aromatic N) is 3. The van der Waals surface area contributed by atoms with Gasteiger partial charge in [0.25, 0.3) is 5.69 Å². The van der Waals surface area contributed by atoms with E-state index in [1.54, 1.807) is 0 Å². The maximum atomic E-state index is 10.7. The molecule has 1 aromatic carbocycles. The number of nitro groups is 1. The number of nitrogen functional groups attached to an aromatic ring is 1. The van der Waals surface area contributed by atoms with Gasteiger partial charge in [0.2, 0.25) is 0 Å². The van der Waals surface area contributed by atoms with Crippen molar-refractivity contribution in [3.05, 3.63) is 43.0 Å². The number of rotatable bonds is 3. The number of aromatic nitrogens is 2. The molecule has 0 atom stereocenters. The minimum Gasteiger partial charge on any atom is -0.421 e. The molecule has 0 bridgehead atoms. The quantitative estimate of drug-likeness (QED) is 0.493. The molecule has 2 N–H and O–H groups in total. The molecule has 0 radical (unpaired) electrons. The third-order valence-electron chi connectivity index (χ3n) is 2.08. The molecule has 0 amide bonds. The second kappa shape index (κ2) is 5.78. The van der Waals surface area contributed by atoms with Crippen molar-refractivity contribution < 1.29 is 9.66 Å². The van der Waals surface area contributed by atoms with Gasteiger partial charge in [0.05, 0.1) is 15.0 Å². The first kappa shape index (κ1) is 14.8. The van der Waals surface area contributed by atoms with Crippen LogP contribution >= 0.6 is 39.1 Å². The molecule has 10 heteroatoms. The lowest BCUT2D eigenvalue weighted by molar-refractivity contribution is -0.384. The predicted molar refractivity (Wildman–Crippen MR) is 77.3 cm³/mol. The zero-order valence-electron chi connectivity index (χ0n) is 9.51. The summed E-state index contributed by atoms with van der Waals surface area (Å²) in [6.07, 6.45) is 0. The van der Waals surface area contributed by atoms with Crippen LogP contribution in [-0.2, 0) is 0 Å². The fourth-order valence-electron chi connectivity index (χ4n) is 1.30. The van der Waals surface area contributed by atoms with Gasteiger partial charge in [0.1, 0.15) is 10.4 Å². The Morgan fingerprint density at radius 1 is 1.25 bits per heavy atom. The Hall–Kier alpha value is -1.64. The van der Waals surface area contributed by atoms with Crippen LogP contribution < -0.4 is 10.5 Å². The molecule has 1 aromatic heterocycles. The summed E-state index contributed by atoms with van der Waals surface area (Å²) in [7, 11) is 0. The normalized spacial score (nSPS) is 10.3. The van der Waals surface area contributed by atoms with E-state index < -0.39 is 4.92 Å². The van der Waals surface area contributed by atoms with E-state index in [1.165, 1.54) is 6.07 Å². The van der Waals surface area contributed by atoms with E-state index in [-0.39, 0.29) is 33.3 Å². The van der Waals surface area contributed by atoms with E-state index in [0.29, 0.717) is 4.60 Å². The highest BCUT2D eigenvalue weighted by Crippen LogP contribution is 2.38. The van der Waals surface area contributed by atoms with Gasteiger partial charge in [-0.05, 0) is 15.9 Å². The minimum atomic E-state index is -0.616. The van der Waals surface area contributed by atoms with Crippen LogP contribution in [0, 0.1) is 10.1 Å². The molecule has 0 aliphatic rings. The lowest BCUT2D eigenvalue weighted by Gasteiger charge is -2.08. The van der Waals surface area contributed by atoms with Crippen LogP contribution in [0.1, 0.15) is 0 Å². The van der Waals surface area contributed by atoms with Crippen LogP contribution in [0.5, 0.6) is 11.8 Å². The summed E-state index contributed by atoms with van der Waals surface area (Å²) in [5, 5.41) is 10.6. The molecule has 0 fully saturated rings. The lowest BCUT2D eigenvalue weighted by Crippen LogP contribution is -1.98. The van der Waals surface area contributed by atoms with Crippen LogP contribution in [0.15, 0.2) is 22.8 Å². The van der Waals surface area contributed by atoms with Gasteiger partial charge in [-0.1, -0.05) is 23.2 Å². The number of ether oxygens (including phenoxy) is 1. The number of nitro benzene ring substituents is 1. The smallest absolute Gasteiger partial charge is 0.325 e. The molecule has 2 rings (SSSR count). The molecule has 0 saturated carbocycles. The number of non-ortho nitro benzene ring substituents is 1. The number of benzene rings is 1. The topological polar surface area (TPSA) is 104 Å². The van der Waals surface area contributed by atoms with Crippen molar-refractivity contribution in [2.24, 2.45) is 0 Å². The maximum absolute atomic E-state index is 10.7. The Morgan fingerprint density at radius 2 is 1.85 bits per heavy atom. The average Bonchev–Trinajstić information content (AvgIpc) is 2.32. The minimum absolute atomic E-state index is 0.0106. The Bertz CT molecular complexity index is 655. The van der Waals surface area contributed by atoms with E-state index in [2.05, 4.69) is 25.9 Å². The Kier molecular flexibility index (Phi) is 4.26. The van der Waals surface area contributed by atoms with Crippen LogP contribution in [0.25, 0.3) is 0 Å². The van der Waals surface area contributed by atoms with Crippen molar-refractivity contribution in [2.75, 3.05) is 5.73 Å². The number of hydrogen-bond acceptors (Lipinski definition) is 6. The molecule has 0 aliphatic heterocycles. The van der Waals surface area contributed by atoms with E-state index >= 15 is 0 Å². The zero-order valence-corrected chi connectivity index (χ0v) is 12.6. The van der Waals surface area contributed by atoms with E-state index in [9.17, 15) is 10.1 Å². The van der Waals surface area contributed by atoms with E-state index in [0.717, 1.165) is 12.1 Å². The molecule has 20 heavy (non-hydrogen) atoms. The van der Waals surface area contributed by atoms with Crippen LogP contribution in [0.3, 0.4) is 0 Å². The van der Waals surface area contributed by atoms with Crippen molar-refractivity contribution in [2.45, 2.75) is 0 Å². The summed E-state index contributed by atoms with van der Waals surface area (Å²) in [5.41, 5.74) is 5.29. The molecule has 7 nitrogen and oxygen atoms in total. The standard InChI is InChI=1S/C10H5BrCl2N4O3/c11-7-3-8(14)16-10(15-7)20-9-5(12)1-4(17(18)19)2-6(9)13/h1-3H,(H2,14,15,16). The van der Waals surface area contributed by atoms with Gasteiger partial charge in [0.15, 0.2) is 5.75 Å². The third-order valence-corrected chi connectivity index (χ3v) is 3.05. The van der Waals surface area contributed by atoms with Crippen LogP contribution in [-0.4, -0.2) is 14.9 Å². The van der Waals surface area contributed by atoms with Crippen molar-refractivity contribution >= 4 is 50.6 Å². The maximum Gasteiger partial charge on any atom is 0.325 e. The highest BCUT2D eigenvalue weighted by atomic mass is 79.9. The molecular weight excluding hydrogens is 375 g/mol. The molecule has 104 valence electrons. The highest BCUT2D eigenvalue weighted by Gasteiger charge is 2.17. The predicted octanol–water partition coefficient (Wildman–Crippen LogP) is 3.83. The van der Waals surface area contributed by atoms with Crippen molar-refractivity contribution in [1.82, 2.24) is 9.97 Å². The van der Waals surface area contributed by atoms with Gasteiger partial charge in [-0.25, -0.2) is 0 Å². The van der Waals surface area contributed by atoms with Gasteiger partial charge in [0, 0.05) is 18.2 Å². The summed E-state index contributed by atoms with van der Waals surface area (Å²) in [6, 6.07) is 3.62. The van der Waals surface area contributed by atoms with Crippen molar-refractivity contribution in [3.8, 4) is 11.8 Å². The van der Waals surface area contributed by atoms with Gasteiger partial charge in [-0.3, -0.25) is 10.1 Å². The van der Waals surface area contributed by atoms with Crippen LogP contribution in [0.4, 0.5) is 11.5 Å². The summed E-state index contributed by atoms with van der Waals surface area (Å²) in [6.45, 7) is 0.